The summed E-state index contributed by atoms with van der Waals surface area (Å²) in [6.07, 6.45) is 15.0. The van der Waals surface area contributed by atoms with Gasteiger partial charge in [0.05, 0.1) is 6.20 Å². The smallest absolute Gasteiger partial charge is 0.297 e. The molecule has 108 valence electrons. The van der Waals surface area contributed by atoms with E-state index in [1.807, 2.05) is 6.20 Å². The molecule has 4 aliphatic rings. The van der Waals surface area contributed by atoms with Gasteiger partial charge in [-0.3, -0.25) is 0 Å². The molecule has 0 unspecified atom stereocenters. The summed E-state index contributed by atoms with van der Waals surface area (Å²) in [6.45, 7) is 0. The second kappa shape index (κ2) is 4.25. The molecular formula is C17H24N2O. The molecule has 0 aromatic carbocycles. The Bertz CT molecular complexity index is 417. The maximum atomic E-state index is 5.78. The normalized spacial score (nSPS) is 26.5. The largest absolute Gasteiger partial charge is 0.432 e. The molecule has 0 spiro atoms. The van der Waals surface area contributed by atoms with Gasteiger partial charge in [0.15, 0.2) is 0 Å². The first-order valence-electron chi connectivity index (χ1n) is 8.59. The van der Waals surface area contributed by atoms with Crippen molar-refractivity contribution in [2.45, 2.75) is 63.5 Å². The van der Waals surface area contributed by atoms with Gasteiger partial charge in [-0.05, 0) is 75.0 Å². The third-order valence-electron chi connectivity index (χ3n) is 5.70. The van der Waals surface area contributed by atoms with Crippen LogP contribution in [0.1, 0.15) is 51.4 Å². The Kier molecular flexibility index (Phi) is 2.48. The average Bonchev–Trinajstić information content (AvgIpc) is 3.34. The summed E-state index contributed by atoms with van der Waals surface area (Å²) in [7, 11) is 0. The summed E-state index contributed by atoms with van der Waals surface area (Å²) in [6, 6.07) is 2.40. The van der Waals surface area contributed by atoms with Crippen LogP contribution in [0.5, 0.6) is 0 Å². The van der Waals surface area contributed by atoms with Crippen molar-refractivity contribution >= 4 is 6.01 Å². The van der Waals surface area contributed by atoms with Crippen molar-refractivity contribution in [3.63, 3.8) is 0 Å². The first-order chi connectivity index (χ1) is 9.92. The summed E-state index contributed by atoms with van der Waals surface area (Å²) in [5.41, 5.74) is 0. The molecule has 4 aliphatic carbocycles. The van der Waals surface area contributed by atoms with E-state index in [1.54, 1.807) is 6.26 Å². The second-order valence-electron chi connectivity index (χ2n) is 7.55. The zero-order chi connectivity index (χ0) is 13.1. The lowest BCUT2D eigenvalue weighted by molar-refractivity contribution is 0.348. The molecule has 20 heavy (non-hydrogen) atoms. The zero-order valence-corrected chi connectivity index (χ0v) is 12.1. The minimum Gasteiger partial charge on any atom is -0.432 e. The van der Waals surface area contributed by atoms with Crippen molar-refractivity contribution in [2.24, 2.45) is 23.7 Å². The molecule has 0 N–H and O–H groups in total. The Hall–Kier alpha value is -0.990. The number of nitrogens with zero attached hydrogens (tertiary/aromatic N) is 2. The van der Waals surface area contributed by atoms with E-state index in [0.29, 0.717) is 0 Å². The van der Waals surface area contributed by atoms with Crippen LogP contribution in [0.25, 0.3) is 0 Å². The summed E-state index contributed by atoms with van der Waals surface area (Å²) in [5, 5.41) is 0. The lowest BCUT2D eigenvalue weighted by atomic mass is 9.98. The van der Waals surface area contributed by atoms with Gasteiger partial charge in [0.2, 0.25) is 0 Å². The molecule has 1 aromatic heterocycles. The van der Waals surface area contributed by atoms with Gasteiger partial charge in [0.1, 0.15) is 6.26 Å². The molecule has 0 bridgehead atoms. The van der Waals surface area contributed by atoms with Crippen LogP contribution in [0.15, 0.2) is 16.9 Å². The fourth-order valence-electron chi connectivity index (χ4n) is 4.23. The predicted molar refractivity (Wildman–Crippen MR) is 77.5 cm³/mol. The zero-order valence-electron chi connectivity index (χ0n) is 12.1. The number of rotatable bonds is 7. The van der Waals surface area contributed by atoms with Crippen LogP contribution < -0.4 is 4.90 Å². The quantitative estimate of drug-likeness (QED) is 0.755. The molecule has 3 heteroatoms. The third kappa shape index (κ3) is 2.06. The van der Waals surface area contributed by atoms with Crippen LogP contribution >= 0.6 is 0 Å². The molecule has 0 amide bonds. The van der Waals surface area contributed by atoms with Crippen molar-refractivity contribution in [3.05, 3.63) is 12.5 Å². The second-order valence-corrected chi connectivity index (χ2v) is 7.55. The Morgan fingerprint density at radius 3 is 1.60 bits per heavy atom. The Labute approximate surface area is 120 Å². The van der Waals surface area contributed by atoms with Crippen molar-refractivity contribution in [1.82, 2.24) is 4.98 Å². The van der Waals surface area contributed by atoms with Gasteiger partial charge in [-0.15, -0.1) is 0 Å². The Morgan fingerprint density at radius 1 is 0.850 bits per heavy atom. The fourth-order valence-corrected chi connectivity index (χ4v) is 4.23. The number of hydrogen-bond acceptors (Lipinski definition) is 3. The molecule has 4 saturated carbocycles. The molecule has 3 nitrogen and oxygen atoms in total. The third-order valence-corrected chi connectivity index (χ3v) is 5.70. The first kappa shape index (κ1) is 11.6. The van der Waals surface area contributed by atoms with E-state index < -0.39 is 0 Å². The van der Waals surface area contributed by atoms with E-state index in [0.717, 1.165) is 41.8 Å². The summed E-state index contributed by atoms with van der Waals surface area (Å²) < 4.78 is 5.78. The molecule has 4 fully saturated rings. The first-order valence-corrected chi connectivity index (χ1v) is 8.59. The fraction of sp³-hybridized carbons (Fsp3) is 0.824. The van der Waals surface area contributed by atoms with Gasteiger partial charge in [-0.2, -0.15) is 0 Å². The SMILES string of the molecule is c1coc(N(C(C2CC2)C2CC2)C(C2CC2)C2CC2)n1. The highest BCUT2D eigenvalue weighted by Gasteiger charge is 2.53. The van der Waals surface area contributed by atoms with Gasteiger partial charge < -0.3 is 9.32 Å². The van der Waals surface area contributed by atoms with Gasteiger partial charge in [0, 0.05) is 12.1 Å². The topological polar surface area (TPSA) is 29.3 Å². The number of oxazole rings is 1. The Balaban J connectivity index is 1.51. The van der Waals surface area contributed by atoms with E-state index in [-0.39, 0.29) is 0 Å². The van der Waals surface area contributed by atoms with E-state index in [4.69, 9.17) is 4.42 Å². The highest BCUT2D eigenvalue weighted by molar-refractivity contribution is 5.35. The molecule has 0 radical (unpaired) electrons. The standard InChI is InChI=1S/C17H24N2O/c1-2-11(1)15(12-3-4-12)19(17-18-9-10-20-17)16(13-5-6-13)14-7-8-14/h9-16H,1-8H2. The van der Waals surface area contributed by atoms with Crippen molar-refractivity contribution in [2.75, 3.05) is 4.90 Å². The molecule has 1 heterocycles. The van der Waals surface area contributed by atoms with Crippen LogP contribution in [-0.2, 0) is 0 Å². The van der Waals surface area contributed by atoms with Crippen LogP contribution in [0, 0.1) is 23.7 Å². The highest BCUT2D eigenvalue weighted by atomic mass is 16.4. The van der Waals surface area contributed by atoms with Gasteiger partial charge >= 0.3 is 0 Å². The van der Waals surface area contributed by atoms with Crippen LogP contribution in [0.4, 0.5) is 6.01 Å². The van der Waals surface area contributed by atoms with E-state index in [1.165, 1.54) is 51.4 Å². The van der Waals surface area contributed by atoms with Gasteiger partial charge in [0.25, 0.3) is 6.01 Å². The molecule has 0 aliphatic heterocycles. The minimum atomic E-state index is 0.736. The minimum absolute atomic E-state index is 0.736. The number of aromatic nitrogens is 1. The Morgan fingerprint density at radius 2 is 1.30 bits per heavy atom. The monoisotopic (exact) mass is 272 g/mol. The van der Waals surface area contributed by atoms with Crippen molar-refractivity contribution in [3.8, 4) is 0 Å². The molecule has 1 aromatic rings. The number of anilines is 1. The maximum absolute atomic E-state index is 5.78. The lowest BCUT2D eigenvalue weighted by Crippen LogP contribution is -2.48. The summed E-state index contributed by atoms with van der Waals surface area (Å²) in [4.78, 5) is 7.24. The predicted octanol–water partition coefficient (Wildman–Crippen LogP) is 3.86. The van der Waals surface area contributed by atoms with Gasteiger partial charge in [-0.1, -0.05) is 0 Å². The molecule has 0 saturated heterocycles. The van der Waals surface area contributed by atoms with Crippen LogP contribution in [0.3, 0.4) is 0 Å². The van der Waals surface area contributed by atoms with Gasteiger partial charge in [-0.25, -0.2) is 4.98 Å². The van der Waals surface area contributed by atoms with Crippen LogP contribution in [0.2, 0.25) is 0 Å². The van der Waals surface area contributed by atoms with Crippen LogP contribution in [-0.4, -0.2) is 17.1 Å². The lowest BCUT2D eigenvalue weighted by Gasteiger charge is -2.38. The molecule has 5 rings (SSSR count). The molecular weight excluding hydrogens is 248 g/mol. The number of hydrogen-bond donors (Lipinski definition) is 0. The van der Waals surface area contributed by atoms with Crippen molar-refractivity contribution < 1.29 is 4.42 Å². The highest BCUT2D eigenvalue weighted by Crippen LogP contribution is 2.54. The van der Waals surface area contributed by atoms with E-state index in [9.17, 15) is 0 Å². The van der Waals surface area contributed by atoms with E-state index in [2.05, 4.69) is 9.88 Å². The summed E-state index contributed by atoms with van der Waals surface area (Å²) >= 11 is 0. The van der Waals surface area contributed by atoms with Crippen molar-refractivity contribution in [1.29, 1.82) is 0 Å². The average molecular weight is 272 g/mol. The van der Waals surface area contributed by atoms with E-state index >= 15 is 0 Å². The maximum Gasteiger partial charge on any atom is 0.297 e. The molecule has 0 atom stereocenters. The summed E-state index contributed by atoms with van der Waals surface area (Å²) in [5.74, 6) is 3.70.